The van der Waals surface area contributed by atoms with E-state index in [9.17, 15) is 9.59 Å². The Kier molecular flexibility index (Phi) is 6.38. The van der Waals surface area contributed by atoms with Crippen LogP contribution in [-0.2, 0) is 9.59 Å². The summed E-state index contributed by atoms with van der Waals surface area (Å²) in [4.78, 5) is 29.7. The fourth-order valence-corrected chi connectivity index (χ4v) is 4.75. The number of ether oxygens (including phenoxy) is 1. The summed E-state index contributed by atoms with van der Waals surface area (Å²) in [7, 11) is 1.70. The van der Waals surface area contributed by atoms with Crippen molar-refractivity contribution in [3.63, 3.8) is 0 Å². The van der Waals surface area contributed by atoms with Crippen LogP contribution < -0.4 is 10.1 Å². The molecule has 0 aromatic heterocycles. The van der Waals surface area contributed by atoms with Crippen LogP contribution in [0.4, 0.5) is 0 Å². The van der Waals surface area contributed by atoms with E-state index in [1.165, 1.54) is 12.8 Å². The Morgan fingerprint density at radius 2 is 1.83 bits per heavy atom. The molecule has 1 aromatic rings. The minimum atomic E-state index is -0.0941. The molecule has 1 aliphatic carbocycles. The van der Waals surface area contributed by atoms with Gasteiger partial charge in [0.25, 0.3) is 0 Å². The smallest absolute Gasteiger partial charge is 0.225 e. The van der Waals surface area contributed by atoms with Crippen LogP contribution in [0.5, 0.6) is 5.75 Å². The first-order valence-electron chi connectivity index (χ1n) is 11.1. The molecule has 6 heteroatoms. The standard InChI is InChI=1S/C23H33N3O3/c1-29-21-9-3-2-8-19(21)20(25-12-4-5-13-25)15-24-22(27)18-7-6-14-26(16-18)23(28)17-10-11-17/h2-3,8-9,17-18,20H,4-7,10-16H2,1H3,(H,24,27). The number of hydrogen-bond donors (Lipinski definition) is 1. The third-order valence-corrected chi connectivity index (χ3v) is 6.58. The number of amides is 2. The number of piperidine rings is 1. The van der Waals surface area contributed by atoms with Crippen LogP contribution in [0.25, 0.3) is 0 Å². The first-order valence-corrected chi connectivity index (χ1v) is 11.1. The van der Waals surface area contributed by atoms with Crippen LogP contribution in [0, 0.1) is 11.8 Å². The van der Waals surface area contributed by atoms with Crippen LogP contribution in [0.2, 0.25) is 0 Å². The molecule has 1 N–H and O–H groups in total. The lowest BCUT2D eigenvalue weighted by Gasteiger charge is -2.33. The normalized spacial score (nSPS) is 23.6. The van der Waals surface area contributed by atoms with E-state index in [0.29, 0.717) is 13.1 Å². The molecule has 0 spiro atoms. The fourth-order valence-electron chi connectivity index (χ4n) is 4.75. The largest absolute Gasteiger partial charge is 0.496 e. The minimum absolute atomic E-state index is 0.0809. The highest BCUT2D eigenvalue weighted by Crippen LogP contribution is 2.33. The van der Waals surface area contributed by atoms with Crippen molar-refractivity contribution in [3.8, 4) is 5.75 Å². The van der Waals surface area contributed by atoms with Gasteiger partial charge in [0.15, 0.2) is 0 Å². The molecule has 0 radical (unpaired) electrons. The predicted molar refractivity (Wildman–Crippen MR) is 112 cm³/mol. The van der Waals surface area contributed by atoms with Crippen molar-refractivity contribution < 1.29 is 14.3 Å². The van der Waals surface area contributed by atoms with Gasteiger partial charge in [-0.2, -0.15) is 0 Å². The van der Waals surface area contributed by atoms with Crippen LogP contribution in [0.15, 0.2) is 24.3 Å². The van der Waals surface area contributed by atoms with E-state index in [0.717, 1.165) is 56.6 Å². The molecule has 158 valence electrons. The highest BCUT2D eigenvalue weighted by atomic mass is 16.5. The highest BCUT2D eigenvalue weighted by Gasteiger charge is 2.37. The van der Waals surface area contributed by atoms with Crippen LogP contribution in [0.1, 0.15) is 50.1 Å². The van der Waals surface area contributed by atoms with E-state index in [4.69, 9.17) is 4.74 Å². The van der Waals surface area contributed by atoms with Gasteiger partial charge in [-0.1, -0.05) is 18.2 Å². The van der Waals surface area contributed by atoms with Crippen LogP contribution >= 0.6 is 0 Å². The van der Waals surface area contributed by atoms with Crippen molar-refractivity contribution in [2.75, 3.05) is 39.8 Å². The zero-order valence-corrected chi connectivity index (χ0v) is 17.4. The van der Waals surface area contributed by atoms with Gasteiger partial charge in [0.05, 0.1) is 19.1 Å². The number of hydrogen-bond acceptors (Lipinski definition) is 4. The Labute approximate surface area is 173 Å². The second-order valence-corrected chi connectivity index (χ2v) is 8.64. The molecule has 29 heavy (non-hydrogen) atoms. The first kappa shape index (κ1) is 20.2. The number of methoxy groups -OCH3 is 1. The van der Waals surface area contributed by atoms with Crippen molar-refractivity contribution in [2.45, 2.75) is 44.6 Å². The molecule has 2 saturated heterocycles. The predicted octanol–water partition coefficient (Wildman–Crippen LogP) is 2.60. The third kappa shape index (κ3) is 4.74. The van der Waals surface area contributed by atoms with Gasteiger partial charge < -0.3 is 15.0 Å². The average molecular weight is 400 g/mol. The Morgan fingerprint density at radius 3 is 2.55 bits per heavy atom. The lowest BCUT2D eigenvalue weighted by atomic mass is 9.96. The van der Waals surface area contributed by atoms with E-state index in [1.807, 2.05) is 23.1 Å². The quantitative estimate of drug-likeness (QED) is 0.766. The van der Waals surface area contributed by atoms with E-state index in [2.05, 4.69) is 16.3 Å². The molecular formula is C23H33N3O3. The van der Waals surface area contributed by atoms with Crippen molar-refractivity contribution in [1.29, 1.82) is 0 Å². The van der Waals surface area contributed by atoms with Gasteiger partial charge in [-0.3, -0.25) is 14.5 Å². The summed E-state index contributed by atoms with van der Waals surface area (Å²) >= 11 is 0. The zero-order chi connectivity index (χ0) is 20.2. The molecule has 2 aliphatic heterocycles. The molecule has 0 bridgehead atoms. The lowest BCUT2D eigenvalue weighted by Crippen LogP contribution is -2.47. The first-order chi connectivity index (χ1) is 14.2. The highest BCUT2D eigenvalue weighted by molar-refractivity contribution is 5.83. The van der Waals surface area contributed by atoms with E-state index in [-0.39, 0.29) is 29.7 Å². The SMILES string of the molecule is COc1ccccc1C(CNC(=O)C1CCCN(C(=O)C2CC2)C1)N1CCCC1. The summed E-state index contributed by atoms with van der Waals surface area (Å²) in [6, 6.07) is 8.22. The second-order valence-electron chi connectivity index (χ2n) is 8.64. The van der Waals surface area contributed by atoms with Gasteiger partial charge in [-0.05, 0) is 57.7 Å². The lowest BCUT2D eigenvalue weighted by molar-refractivity contribution is -0.136. The molecule has 6 nitrogen and oxygen atoms in total. The number of carbonyl (C=O) groups excluding carboxylic acids is 2. The number of nitrogens with one attached hydrogen (secondary N) is 1. The van der Waals surface area contributed by atoms with Gasteiger partial charge in [0.2, 0.25) is 11.8 Å². The van der Waals surface area contributed by atoms with Crippen LogP contribution in [0.3, 0.4) is 0 Å². The molecule has 3 fully saturated rings. The molecule has 3 aliphatic rings. The zero-order valence-electron chi connectivity index (χ0n) is 17.4. The third-order valence-electron chi connectivity index (χ3n) is 6.58. The summed E-state index contributed by atoms with van der Waals surface area (Å²) in [6.45, 7) is 4.05. The maximum Gasteiger partial charge on any atom is 0.225 e. The van der Waals surface area contributed by atoms with Gasteiger partial charge in [0.1, 0.15) is 5.75 Å². The number of benzene rings is 1. The molecule has 4 rings (SSSR count). The van der Waals surface area contributed by atoms with Crippen molar-refractivity contribution in [2.24, 2.45) is 11.8 Å². The summed E-state index contributed by atoms with van der Waals surface area (Å²) in [5.41, 5.74) is 1.13. The Balaban J connectivity index is 1.40. The monoisotopic (exact) mass is 399 g/mol. The maximum absolute atomic E-state index is 13.0. The maximum atomic E-state index is 13.0. The molecular weight excluding hydrogens is 366 g/mol. The second kappa shape index (κ2) is 9.16. The molecule has 2 heterocycles. The Hall–Kier alpha value is -2.08. The summed E-state index contributed by atoms with van der Waals surface area (Å²) in [5.74, 6) is 1.34. The molecule has 1 aromatic carbocycles. The van der Waals surface area contributed by atoms with Crippen molar-refractivity contribution in [1.82, 2.24) is 15.1 Å². The van der Waals surface area contributed by atoms with E-state index >= 15 is 0 Å². The van der Waals surface area contributed by atoms with Gasteiger partial charge >= 0.3 is 0 Å². The molecule has 2 unspecified atom stereocenters. The topological polar surface area (TPSA) is 61.9 Å². The van der Waals surface area contributed by atoms with E-state index in [1.54, 1.807) is 7.11 Å². The fraction of sp³-hybridized carbons (Fsp3) is 0.652. The van der Waals surface area contributed by atoms with Gasteiger partial charge in [-0.15, -0.1) is 0 Å². The number of carbonyl (C=O) groups is 2. The van der Waals surface area contributed by atoms with Crippen LogP contribution in [-0.4, -0.2) is 61.4 Å². The van der Waals surface area contributed by atoms with E-state index < -0.39 is 0 Å². The van der Waals surface area contributed by atoms with Crippen molar-refractivity contribution in [3.05, 3.63) is 29.8 Å². The number of rotatable bonds is 7. The molecule has 2 amide bonds. The number of para-hydroxylation sites is 1. The van der Waals surface area contributed by atoms with Crippen molar-refractivity contribution >= 4 is 11.8 Å². The number of nitrogens with zero attached hydrogens (tertiary/aromatic N) is 2. The Morgan fingerprint density at radius 1 is 1.07 bits per heavy atom. The van der Waals surface area contributed by atoms with Gasteiger partial charge in [0, 0.05) is 31.1 Å². The summed E-state index contributed by atoms with van der Waals surface area (Å²) < 4.78 is 5.59. The average Bonchev–Trinajstić information content (AvgIpc) is 3.48. The molecule has 1 saturated carbocycles. The molecule has 2 atom stereocenters. The summed E-state index contributed by atoms with van der Waals surface area (Å²) in [5, 5.41) is 3.21. The number of likely N-dealkylation sites (tertiary alicyclic amines) is 2. The Bertz CT molecular complexity index is 728. The minimum Gasteiger partial charge on any atom is -0.496 e. The van der Waals surface area contributed by atoms with Gasteiger partial charge in [-0.25, -0.2) is 0 Å². The summed E-state index contributed by atoms with van der Waals surface area (Å²) in [6.07, 6.45) is 6.20.